The maximum absolute atomic E-state index is 6.05. The van der Waals surface area contributed by atoms with Gasteiger partial charge in [0.2, 0.25) is 0 Å². The Morgan fingerprint density at radius 2 is 2.11 bits per heavy atom. The normalized spacial score (nSPS) is 20.2. The number of morpholine rings is 1. The molecule has 0 saturated carbocycles. The van der Waals surface area contributed by atoms with E-state index in [0.717, 1.165) is 44.3 Å². The maximum Gasteiger partial charge on any atom is 0.0594 e. The summed E-state index contributed by atoms with van der Waals surface area (Å²) >= 11 is 6.05. The summed E-state index contributed by atoms with van der Waals surface area (Å²) in [5.74, 6) is 0. The van der Waals surface area contributed by atoms with Crippen LogP contribution in [0.25, 0.3) is 0 Å². The molecule has 1 aromatic rings. The molecule has 0 bridgehead atoms. The van der Waals surface area contributed by atoms with Crippen LogP contribution in [0, 0.1) is 5.41 Å². The quantitative estimate of drug-likeness (QED) is 0.900. The monoisotopic (exact) mass is 282 g/mol. The summed E-state index contributed by atoms with van der Waals surface area (Å²) < 4.78 is 5.39. The highest BCUT2D eigenvalue weighted by molar-refractivity contribution is 6.30. The lowest BCUT2D eigenvalue weighted by Gasteiger charge is -2.36. The summed E-state index contributed by atoms with van der Waals surface area (Å²) in [6.07, 6.45) is 0.960. The van der Waals surface area contributed by atoms with Gasteiger partial charge in [-0.15, -0.1) is 0 Å². The first-order valence-corrected chi connectivity index (χ1v) is 7.24. The van der Waals surface area contributed by atoms with Crippen molar-refractivity contribution in [2.24, 2.45) is 11.1 Å². The predicted octanol–water partition coefficient (Wildman–Crippen LogP) is 2.18. The molecule has 19 heavy (non-hydrogen) atoms. The molecule has 2 N–H and O–H groups in total. The Kier molecular flexibility index (Phi) is 5.22. The molecule has 3 nitrogen and oxygen atoms in total. The van der Waals surface area contributed by atoms with E-state index >= 15 is 0 Å². The molecule has 1 aromatic carbocycles. The molecule has 0 radical (unpaired) electrons. The van der Waals surface area contributed by atoms with Crippen LogP contribution in [0.15, 0.2) is 24.3 Å². The van der Waals surface area contributed by atoms with Crippen molar-refractivity contribution in [1.29, 1.82) is 0 Å². The molecular formula is C15H23ClN2O. The molecule has 0 spiro atoms. The summed E-state index contributed by atoms with van der Waals surface area (Å²) in [5, 5.41) is 0.795. The highest BCUT2D eigenvalue weighted by Crippen LogP contribution is 2.24. The van der Waals surface area contributed by atoms with E-state index in [9.17, 15) is 0 Å². The molecule has 1 aliphatic rings. The zero-order chi connectivity index (χ0) is 13.7. The number of nitrogens with zero attached hydrogens (tertiary/aromatic N) is 1. The van der Waals surface area contributed by atoms with Crippen LogP contribution in [-0.2, 0) is 11.2 Å². The maximum atomic E-state index is 6.05. The van der Waals surface area contributed by atoms with Gasteiger partial charge in [0.05, 0.1) is 13.2 Å². The largest absolute Gasteiger partial charge is 0.379 e. The van der Waals surface area contributed by atoms with E-state index in [1.807, 2.05) is 18.2 Å². The van der Waals surface area contributed by atoms with E-state index < -0.39 is 0 Å². The molecule has 1 unspecified atom stereocenters. The minimum absolute atomic E-state index is 0.0853. The Hall–Kier alpha value is -0.610. The van der Waals surface area contributed by atoms with Crippen LogP contribution in [0.3, 0.4) is 0 Å². The first-order valence-electron chi connectivity index (χ1n) is 6.86. The molecule has 0 aliphatic carbocycles. The highest BCUT2D eigenvalue weighted by atomic mass is 35.5. The van der Waals surface area contributed by atoms with Crippen molar-refractivity contribution >= 4 is 11.6 Å². The number of hydrogen-bond acceptors (Lipinski definition) is 3. The minimum Gasteiger partial charge on any atom is -0.379 e. The van der Waals surface area contributed by atoms with E-state index in [-0.39, 0.29) is 5.41 Å². The Bertz CT molecular complexity index is 407. The smallest absolute Gasteiger partial charge is 0.0594 e. The van der Waals surface area contributed by atoms with Crippen molar-refractivity contribution in [3.8, 4) is 0 Å². The van der Waals surface area contributed by atoms with Gasteiger partial charge in [0.15, 0.2) is 0 Å². The molecule has 1 heterocycles. The van der Waals surface area contributed by atoms with E-state index in [1.54, 1.807) is 0 Å². The predicted molar refractivity (Wildman–Crippen MR) is 79.6 cm³/mol. The fourth-order valence-electron chi connectivity index (χ4n) is 2.63. The lowest BCUT2D eigenvalue weighted by molar-refractivity contribution is 0.0198. The number of rotatable bonds is 5. The van der Waals surface area contributed by atoms with Gasteiger partial charge in [-0.3, -0.25) is 4.90 Å². The Morgan fingerprint density at radius 3 is 2.74 bits per heavy atom. The summed E-state index contributed by atoms with van der Waals surface area (Å²) in [6.45, 7) is 7.62. The lowest BCUT2D eigenvalue weighted by atomic mass is 9.83. The third-order valence-electron chi connectivity index (χ3n) is 3.72. The fourth-order valence-corrected chi connectivity index (χ4v) is 2.84. The lowest BCUT2D eigenvalue weighted by Crippen LogP contribution is -2.46. The Balaban J connectivity index is 2.00. The van der Waals surface area contributed by atoms with Gasteiger partial charge in [-0.25, -0.2) is 0 Å². The molecule has 106 valence electrons. The zero-order valence-corrected chi connectivity index (χ0v) is 12.3. The molecule has 1 aliphatic heterocycles. The third kappa shape index (κ3) is 4.46. The SMILES string of the molecule is CC(CN)(Cc1cccc(Cl)c1)CN1CCOCC1. The molecular weight excluding hydrogens is 260 g/mol. The molecule has 1 fully saturated rings. The van der Waals surface area contributed by atoms with Crippen molar-refractivity contribution in [2.75, 3.05) is 39.4 Å². The molecule has 1 saturated heterocycles. The number of hydrogen-bond donors (Lipinski definition) is 1. The first kappa shape index (κ1) is 14.8. The molecule has 0 aromatic heterocycles. The second kappa shape index (κ2) is 6.71. The zero-order valence-electron chi connectivity index (χ0n) is 11.6. The Labute approximate surface area is 120 Å². The summed E-state index contributed by atoms with van der Waals surface area (Å²) in [4.78, 5) is 2.45. The van der Waals surface area contributed by atoms with Crippen molar-refractivity contribution in [3.63, 3.8) is 0 Å². The van der Waals surface area contributed by atoms with E-state index in [2.05, 4.69) is 17.9 Å². The van der Waals surface area contributed by atoms with Crippen LogP contribution in [0.5, 0.6) is 0 Å². The molecule has 4 heteroatoms. The number of ether oxygens (including phenoxy) is 1. The average molecular weight is 283 g/mol. The number of nitrogens with two attached hydrogens (primary N) is 1. The minimum atomic E-state index is 0.0853. The average Bonchev–Trinajstić information content (AvgIpc) is 2.40. The Morgan fingerprint density at radius 1 is 1.37 bits per heavy atom. The standard InChI is InChI=1S/C15H23ClN2O/c1-15(11-17,12-18-5-7-19-8-6-18)10-13-3-2-4-14(16)9-13/h2-4,9H,5-8,10-12,17H2,1H3. The van der Waals surface area contributed by atoms with Crippen LogP contribution >= 0.6 is 11.6 Å². The van der Waals surface area contributed by atoms with E-state index in [1.165, 1.54) is 5.56 Å². The first-order chi connectivity index (χ1) is 9.11. The van der Waals surface area contributed by atoms with Gasteiger partial charge in [-0.1, -0.05) is 30.7 Å². The van der Waals surface area contributed by atoms with Crippen molar-refractivity contribution < 1.29 is 4.74 Å². The summed E-state index contributed by atoms with van der Waals surface area (Å²) in [5.41, 5.74) is 7.36. The summed E-state index contributed by atoms with van der Waals surface area (Å²) in [7, 11) is 0. The second-order valence-electron chi connectivity index (χ2n) is 5.71. The van der Waals surface area contributed by atoms with Crippen molar-refractivity contribution in [1.82, 2.24) is 4.90 Å². The fraction of sp³-hybridized carbons (Fsp3) is 0.600. The van der Waals surface area contributed by atoms with E-state index in [4.69, 9.17) is 22.1 Å². The molecule has 2 rings (SSSR count). The van der Waals surface area contributed by atoms with Gasteiger partial charge in [0, 0.05) is 24.7 Å². The van der Waals surface area contributed by atoms with Crippen LogP contribution in [0.4, 0.5) is 0 Å². The van der Waals surface area contributed by atoms with Gasteiger partial charge >= 0.3 is 0 Å². The van der Waals surface area contributed by atoms with Gasteiger partial charge < -0.3 is 10.5 Å². The van der Waals surface area contributed by atoms with Gasteiger partial charge in [-0.05, 0) is 36.1 Å². The van der Waals surface area contributed by atoms with Crippen LogP contribution in [-0.4, -0.2) is 44.3 Å². The van der Waals surface area contributed by atoms with Gasteiger partial charge in [0.25, 0.3) is 0 Å². The molecule has 0 amide bonds. The topological polar surface area (TPSA) is 38.5 Å². The van der Waals surface area contributed by atoms with Gasteiger partial charge in [0.1, 0.15) is 0 Å². The van der Waals surface area contributed by atoms with Crippen LogP contribution < -0.4 is 5.73 Å². The highest BCUT2D eigenvalue weighted by Gasteiger charge is 2.27. The van der Waals surface area contributed by atoms with Crippen LogP contribution in [0.2, 0.25) is 5.02 Å². The third-order valence-corrected chi connectivity index (χ3v) is 3.96. The number of benzene rings is 1. The van der Waals surface area contributed by atoms with E-state index in [0.29, 0.717) is 6.54 Å². The van der Waals surface area contributed by atoms with Crippen molar-refractivity contribution in [2.45, 2.75) is 13.3 Å². The van der Waals surface area contributed by atoms with Gasteiger partial charge in [-0.2, -0.15) is 0 Å². The van der Waals surface area contributed by atoms with Crippen LogP contribution in [0.1, 0.15) is 12.5 Å². The summed E-state index contributed by atoms with van der Waals surface area (Å²) in [6, 6.07) is 8.07. The van der Waals surface area contributed by atoms with Crippen molar-refractivity contribution in [3.05, 3.63) is 34.9 Å². The molecule has 1 atom stereocenters. The number of halogens is 1. The second-order valence-corrected chi connectivity index (χ2v) is 6.15.